The van der Waals surface area contributed by atoms with Crippen LogP contribution in [0, 0.1) is 0 Å². The molecule has 4 aromatic rings. The number of halogens is 1. The van der Waals surface area contributed by atoms with Crippen LogP contribution in [0.25, 0.3) is 16.6 Å². The van der Waals surface area contributed by atoms with Crippen LogP contribution in [0.3, 0.4) is 0 Å². The molecule has 0 radical (unpaired) electrons. The normalized spacial score (nSPS) is 11.2. The number of unbranched alkanes of at least 4 members (excludes halogenated alkanes) is 1. The fraction of sp³-hybridized carbons (Fsp3) is 0.321. The van der Waals surface area contributed by atoms with Crippen molar-refractivity contribution in [3.63, 3.8) is 0 Å². The second-order valence-electron chi connectivity index (χ2n) is 8.61. The number of nitrogens with one attached hydrogen (secondary N) is 1. The minimum absolute atomic E-state index is 0.166. The van der Waals surface area contributed by atoms with E-state index in [1.807, 2.05) is 41.0 Å². The van der Waals surface area contributed by atoms with Crippen molar-refractivity contribution in [1.29, 1.82) is 0 Å². The average molecular weight is 551 g/mol. The third kappa shape index (κ3) is 6.50. The highest BCUT2D eigenvalue weighted by atomic mass is 79.9. The molecule has 0 aliphatic carbocycles. The van der Waals surface area contributed by atoms with Crippen molar-refractivity contribution in [2.75, 3.05) is 13.2 Å². The van der Waals surface area contributed by atoms with Crippen LogP contribution >= 0.6 is 15.9 Å². The Bertz CT molecular complexity index is 1310. The summed E-state index contributed by atoms with van der Waals surface area (Å²) in [6.45, 7) is 3.93. The Labute approximate surface area is 219 Å². The molecule has 3 heterocycles. The lowest BCUT2D eigenvalue weighted by molar-refractivity contribution is -0.137. The number of carboxylic acids is 1. The molecule has 188 valence electrons. The summed E-state index contributed by atoms with van der Waals surface area (Å²) < 4.78 is 8.76. The molecule has 0 unspecified atom stereocenters. The van der Waals surface area contributed by atoms with Gasteiger partial charge in [0.25, 0.3) is 0 Å². The topological polar surface area (TPSA) is 88.8 Å². The minimum Gasteiger partial charge on any atom is -0.492 e. The first kappa shape index (κ1) is 25.9. The van der Waals surface area contributed by atoms with Crippen molar-refractivity contribution < 1.29 is 14.6 Å². The van der Waals surface area contributed by atoms with E-state index in [1.54, 1.807) is 6.20 Å². The summed E-state index contributed by atoms with van der Waals surface area (Å²) in [6.07, 6.45) is 6.82. The molecule has 0 aliphatic rings. The Morgan fingerprint density at radius 3 is 2.72 bits per heavy atom. The summed E-state index contributed by atoms with van der Waals surface area (Å²) in [5.41, 5.74) is 6.38. The number of ether oxygens (including phenoxy) is 1. The monoisotopic (exact) mass is 550 g/mol. The van der Waals surface area contributed by atoms with E-state index < -0.39 is 5.97 Å². The lowest BCUT2D eigenvalue weighted by Gasteiger charge is -2.18. The van der Waals surface area contributed by atoms with E-state index in [0.717, 1.165) is 63.1 Å². The molecule has 1 aromatic carbocycles. The Hall–Kier alpha value is -3.23. The number of pyridine rings is 1. The van der Waals surface area contributed by atoms with E-state index in [-0.39, 0.29) is 6.42 Å². The van der Waals surface area contributed by atoms with Gasteiger partial charge < -0.3 is 15.2 Å². The molecule has 0 bridgehead atoms. The van der Waals surface area contributed by atoms with Gasteiger partial charge >= 0.3 is 5.97 Å². The number of nitrogens with zero attached hydrogens (tertiary/aromatic N) is 3. The highest BCUT2D eigenvalue weighted by Gasteiger charge is 2.19. The zero-order valence-corrected chi connectivity index (χ0v) is 22.0. The first-order valence-electron chi connectivity index (χ1n) is 12.3. The van der Waals surface area contributed by atoms with Crippen LogP contribution in [-0.2, 0) is 24.2 Å². The van der Waals surface area contributed by atoms with Crippen LogP contribution < -0.4 is 10.1 Å². The van der Waals surface area contributed by atoms with Crippen molar-refractivity contribution >= 4 is 27.4 Å². The number of rotatable bonds is 13. The van der Waals surface area contributed by atoms with Gasteiger partial charge in [0.2, 0.25) is 0 Å². The quantitative estimate of drug-likeness (QED) is 0.208. The summed E-state index contributed by atoms with van der Waals surface area (Å²) in [4.78, 5) is 15.5. The predicted octanol–water partition coefficient (Wildman–Crippen LogP) is 5.69. The van der Waals surface area contributed by atoms with Gasteiger partial charge in [0.1, 0.15) is 12.4 Å². The van der Waals surface area contributed by atoms with E-state index >= 15 is 0 Å². The fourth-order valence-corrected chi connectivity index (χ4v) is 4.72. The molecule has 7 nitrogen and oxygen atoms in total. The Balaban J connectivity index is 1.64. The predicted molar refractivity (Wildman–Crippen MR) is 144 cm³/mol. The van der Waals surface area contributed by atoms with Gasteiger partial charge in [-0.15, -0.1) is 0 Å². The molecule has 36 heavy (non-hydrogen) atoms. The summed E-state index contributed by atoms with van der Waals surface area (Å²) in [5, 5.41) is 17.6. The highest BCUT2D eigenvalue weighted by molar-refractivity contribution is 9.10. The van der Waals surface area contributed by atoms with Gasteiger partial charge in [-0.3, -0.25) is 9.78 Å². The Morgan fingerprint density at radius 1 is 1.14 bits per heavy atom. The lowest BCUT2D eigenvalue weighted by Crippen LogP contribution is -2.23. The fourth-order valence-electron chi connectivity index (χ4n) is 4.35. The third-order valence-corrected chi connectivity index (χ3v) is 6.50. The van der Waals surface area contributed by atoms with E-state index in [9.17, 15) is 4.79 Å². The summed E-state index contributed by atoms with van der Waals surface area (Å²) in [5.74, 6) is 0.0850. The average Bonchev–Trinajstić information content (AvgIpc) is 3.29. The number of aryl methyl sites for hydroxylation is 1. The van der Waals surface area contributed by atoms with Gasteiger partial charge in [0, 0.05) is 53.2 Å². The molecule has 0 atom stereocenters. The summed E-state index contributed by atoms with van der Waals surface area (Å²) >= 11 is 3.57. The van der Waals surface area contributed by atoms with E-state index in [2.05, 4.69) is 51.4 Å². The van der Waals surface area contributed by atoms with Crippen molar-refractivity contribution in [1.82, 2.24) is 19.9 Å². The van der Waals surface area contributed by atoms with Crippen LogP contribution in [0.1, 0.15) is 43.1 Å². The number of carbonyl (C=O) groups is 1. The van der Waals surface area contributed by atoms with Crippen LogP contribution in [0.15, 0.2) is 65.4 Å². The van der Waals surface area contributed by atoms with Crippen molar-refractivity contribution in [2.24, 2.45) is 0 Å². The second kappa shape index (κ2) is 12.6. The van der Waals surface area contributed by atoms with Crippen molar-refractivity contribution in [3.8, 4) is 16.9 Å². The first-order chi connectivity index (χ1) is 17.6. The van der Waals surface area contributed by atoms with Gasteiger partial charge in [-0.25, -0.2) is 4.52 Å². The maximum atomic E-state index is 11.1. The maximum Gasteiger partial charge on any atom is 0.303 e. The van der Waals surface area contributed by atoms with E-state index in [0.29, 0.717) is 26.1 Å². The molecule has 0 saturated heterocycles. The molecular formula is C28H31BrN4O3. The molecule has 0 amide bonds. The first-order valence-corrected chi connectivity index (χ1v) is 13.1. The number of aliphatic carboxylic acids is 1. The van der Waals surface area contributed by atoms with E-state index in [4.69, 9.17) is 14.9 Å². The lowest BCUT2D eigenvalue weighted by atomic mass is 9.95. The second-order valence-corrected chi connectivity index (χ2v) is 9.52. The number of hydrogen-bond donors (Lipinski definition) is 2. The number of aromatic nitrogens is 3. The van der Waals surface area contributed by atoms with Crippen LogP contribution in [-0.4, -0.2) is 38.8 Å². The smallest absolute Gasteiger partial charge is 0.303 e. The molecule has 0 saturated carbocycles. The molecule has 0 fully saturated rings. The third-order valence-electron chi connectivity index (χ3n) is 6.07. The number of hydrogen-bond acceptors (Lipinski definition) is 5. The van der Waals surface area contributed by atoms with Gasteiger partial charge in [0.05, 0.1) is 11.2 Å². The SMILES string of the molecule is CCc1ccc2c(-c3cncc(Br)c3)c(CCCCC(=O)O)c(CNCCOc3ccccc3)nn12. The van der Waals surface area contributed by atoms with Crippen LogP contribution in [0.5, 0.6) is 5.75 Å². The molecule has 3 aromatic heterocycles. The van der Waals surface area contributed by atoms with Crippen LogP contribution in [0.2, 0.25) is 0 Å². The summed E-state index contributed by atoms with van der Waals surface area (Å²) in [6, 6.07) is 16.1. The highest BCUT2D eigenvalue weighted by Crippen LogP contribution is 2.33. The zero-order chi connectivity index (χ0) is 25.3. The van der Waals surface area contributed by atoms with Gasteiger partial charge in [-0.05, 0) is 77.5 Å². The number of para-hydroxylation sites is 1. The van der Waals surface area contributed by atoms with Gasteiger partial charge in [0.15, 0.2) is 0 Å². The van der Waals surface area contributed by atoms with Crippen molar-refractivity contribution in [2.45, 2.75) is 45.6 Å². The molecule has 0 spiro atoms. The van der Waals surface area contributed by atoms with Crippen molar-refractivity contribution in [3.05, 3.63) is 82.3 Å². The van der Waals surface area contributed by atoms with Crippen LogP contribution in [0.4, 0.5) is 0 Å². The summed E-state index contributed by atoms with van der Waals surface area (Å²) in [7, 11) is 0. The maximum absolute atomic E-state index is 11.1. The Kier molecular flexibility index (Phi) is 9.08. The molecule has 4 rings (SSSR count). The van der Waals surface area contributed by atoms with Gasteiger partial charge in [-0.2, -0.15) is 5.10 Å². The Morgan fingerprint density at radius 2 is 1.97 bits per heavy atom. The number of benzene rings is 1. The van der Waals surface area contributed by atoms with Gasteiger partial charge in [-0.1, -0.05) is 25.1 Å². The number of carboxylic acid groups (broad SMARTS) is 1. The molecule has 0 aliphatic heterocycles. The molecule has 8 heteroatoms. The zero-order valence-electron chi connectivity index (χ0n) is 20.4. The molecule has 2 N–H and O–H groups in total. The van der Waals surface area contributed by atoms with E-state index in [1.165, 1.54) is 0 Å². The molecular weight excluding hydrogens is 520 g/mol. The number of fused-ring (bicyclic) bond motifs is 1. The largest absolute Gasteiger partial charge is 0.492 e. The standard InChI is InChI=1S/C28H31BrN4O3/c1-2-22-12-13-26-28(20-16-21(29)18-31-17-20)24(10-6-7-11-27(34)35)25(32-33(22)26)19-30-14-15-36-23-8-4-3-5-9-23/h3-5,8-9,12-13,16-18,30H,2,6-7,10-11,14-15,19H2,1H3,(H,34,35). The minimum atomic E-state index is -0.764.